The highest BCUT2D eigenvalue weighted by Gasteiger charge is 2.20. The van der Waals surface area contributed by atoms with Gasteiger partial charge in [-0.1, -0.05) is 12.1 Å². The fraction of sp³-hybridized carbons (Fsp3) is 0.364. The molecule has 0 bridgehead atoms. The van der Waals surface area contributed by atoms with Gasteiger partial charge < -0.3 is 10.6 Å². The van der Waals surface area contributed by atoms with Crippen molar-refractivity contribution >= 4 is 11.6 Å². The second-order valence-corrected chi connectivity index (χ2v) is 4.01. The Kier molecular flexibility index (Phi) is 3.34. The van der Waals surface area contributed by atoms with E-state index in [0.717, 1.165) is 5.56 Å². The smallest absolute Gasteiger partial charge is 0.269 e. The van der Waals surface area contributed by atoms with Crippen LogP contribution in [0.25, 0.3) is 0 Å². The van der Waals surface area contributed by atoms with E-state index in [4.69, 9.17) is 0 Å². The summed E-state index contributed by atoms with van der Waals surface area (Å²) in [5, 5.41) is 16.4. The average molecular weight is 235 g/mol. The zero-order valence-corrected chi connectivity index (χ0v) is 9.18. The number of hydrogen-bond donors (Lipinski definition) is 2. The Morgan fingerprint density at radius 1 is 1.41 bits per heavy atom. The first-order valence-corrected chi connectivity index (χ1v) is 5.38. The van der Waals surface area contributed by atoms with Gasteiger partial charge in [0, 0.05) is 37.7 Å². The van der Waals surface area contributed by atoms with Crippen LogP contribution in [0.5, 0.6) is 0 Å². The molecule has 0 spiro atoms. The molecule has 2 rings (SSSR count). The standard InChI is InChI=1S/C11H13N3O3/c15-11-5-9(7-13-11)12-6-8-1-3-10(4-2-8)14(16)17/h1-4,9,12H,5-7H2,(H,13,15). The molecule has 6 heteroatoms. The monoisotopic (exact) mass is 235 g/mol. The first kappa shape index (κ1) is 11.5. The minimum Gasteiger partial charge on any atom is -0.354 e. The van der Waals surface area contributed by atoms with Crippen LogP contribution in [0.3, 0.4) is 0 Å². The topological polar surface area (TPSA) is 84.3 Å². The molecule has 1 aliphatic rings. The van der Waals surface area contributed by atoms with Crippen molar-refractivity contribution in [3.8, 4) is 0 Å². The van der Waals surface area contributed by atoms with Gasteiger partial charge in [0.25, 0.3) is 5.69 Å². The fourth-order valence-electron chi connectivity index (χ4n) is 1.75. The Bertz CT molecular complexity index is 430. The van der Waals surface area contributed by atoms with Gasteiger partial charge in [0.05, 0.1) is 4.92 Å². The Balaban J connectivity index is 1.87. The third kappa shape index (κ3) is 3.01. The molecule has 1 heterocycles. The lowest BCUT2D eigenvalue weighted by molar-refractivity contribution is -0.384. The van der Waals surface area contributed by atoms with Gasteiger partial charge in [-0.15, -0.1) is 0 Å². The number of hydrogen-bond acceptors (Lipinski definition) is 4. The largest absolute Gasteiger partial charge is 0.354 e. The third-order valence-corrected chi connectivity index (χ3v) is 2.72. The highest BCUT2D eigenvalue weighted by molar-refractivity contribution is 5.78. The number of carbonyl (C=O) groups excluding carboxylic acids is 1. The summed E-state index contributed by atoms with van der Waals surface area (Å²) in [6, 6.07) is 6.55. The summed E-state index contributed by atoms with van der Waals surface area (Å²) in [5.74, 6) is 0.0613. The van der Waals surface area contributed by atoms with E-state index in [1.54, 1.807) is 12.1 Å². The van der Waals surface area contributed by atoms with E-state index in [0.29, 0.717) is 19.5 Å². The Labute approximate surface area is 98.2 Å². The average Bonchev–Trinajstić information content (AvgIpc) is 2.73. The van der Waals surface area contributed by atoms with E-state index in [2.05, 4.69) is 10.6 Å². The number of nitrogens with zero attached hydrogens (tertiary/aromatic N) is 1. The quantitative estimate of drug-likeness (QED) is 0.590. The number of benzene rings is 1. The van der Waals surface area contributed by atoms with E-state index in [9.17, 15) is 14.9 Å². The predicted molar refractivity (Wildman–Crippen MR) is 61.4 cm³/mol. The Morgan fingerprint density at radius 3 is 2.65 bits per heavy atom. The first-order chi connectivity index (χ1) is 8.15. The number of nitro benzene ring substituents is 1. The van der Waals surface area contributed by atoms with Crippen molar-refractivity contribution in [1.29, 1.82) is 0 Å². The van der Waals surface area contributed by atoms with E-state index in [-0.39, 0.29) is 17.6 Å². The molecule has 1 aromatic carbocycles. The first-order valence-electron chi connectivity index (χ1n) is 5.38. The lowest BCUT2D eigenvalue weighted by Gasteiger charge is -2.09. The van der Waals surface area contributed by atoms with Crippen molar-refractivity contribution in [2.45, 2.75) is 19.0 Å². The van der Waals surface area contributed by atoms with Gasteiger partial charge in [0.1, 0.15) is 0 Å². The molecule has 0 aliphatic carbocycles. The summed E-state index contributed by atoms with van der Waals surface area (Å²) in [5.41, 5.74) is 1.06. The van der Waals surface area contributed by atoms with E-state index in [1.807, 2.05) is 0 Å². The van der Waals surface area contributed by atoms with Crippen molar-refractivity contribution in [2.24, 2.45) is 0 Å². The Morgan fingerprint density at radius 2 is 2.12 bits per heavy atom. The van der Waals surface area contributed by atoms with Crippen molar-refractivity contribution in [3.05, 3.63) is 39.9 Å². The molecule has 0 saturated carbocycles. The van der Waals surface area contributed by atoms with Gasteiger partial charge in [-0.25, -0.2) is 0 Å². The van der Waals surface area contributed by atoms with Gasteiger partial charge in [-0.3, -0.25) is 14.9 Å². The summed E-state index contributed by atoms with van der Waals surface area (Å²) in [6.45, 7) is 1.25. The minimum absolute atomic E-state index is 0.0613. The third-order valence-electron chi connectivity index (χ3n) is 2.72. The number of rotatable bonds is 4. The molecule has 1 aliphatic heterocycles. The highest BCUT2D eigenvalue weighted by Crippen LogP contribution is 2.12. The van der Waals surface area contributed by atoms with Crippen LogP contribution in [0, 0.1) is 10.1 Å². The van der Waals surface area contributed by atoms with Crippen LogP contribution < -0.4 is 10.6 Å². The Hall–Kier alpha value is -1.95. The zero-order valence-electron chi connectivity index (χ0n) is 9.18. The summed E-state index contributed by atoms with van der Waals surface area (Å²) in [7, 11) is 0. The minimum atomic E-state index is -0.420. The molecule has 17 heavy (non-hydrogen) atoms. The fourth-order valence-corrected chi connectivity index (χ4v) is 1.75. The molecule has 1 unspecified atom stereocenters. The lowest BCUT2D eigenvalue weighted by atomic mass is 10.2. The van der Waals surface area contributed by atoms with Crippen LogP contribution in [-0.2, 0) is 11.3 Å². The highest BCUT2D eigenvalue weighted by atomic mass is 16.6. The SMILES string of the molecule is O=C1CC(NCc2ccc([N+](=O)[O-])cc2)CN1. The predicted octanol–water partition coefficient (Wildman–Crippen LogP) is 0.573. The molecule has 0 aromatic heterocycles. The van der Waals surface area contributed by atoms with Gasteiger partial charge >= 0.3 is 0 Å². The maximum Gasteiger partial charge on any atom is 0.269 e. The number of carbonyl (C=O) groups is 1. The van der Waals surface area contributed by atoms with Crippen LogP contribution in [0.2, 0.25) is 0 Å². The van der Waals surface area contributed by atoms with Crippen LogP contribution in [0.1, 0.15) is 12.0 Å². The van der Waals surface area contributed by atoms with Gasteiger partial charge in [0.2, 0.25) is 5.91 Å². The summed E-state index contributed by atoms with van der Waals surface area (Å²) < 4.78 is 0. The van der Waals surface area contributed by atoms with Crippen LogP contribution >= 0.6 is 0 Å². The summed E-state index contributed by atoms with van der Waals surface area (Å²) in [4.78, 5) is 21.0. The molecule has 2 N–H and O–H groups in total. The van der Waals surface area contributed by atoms with E-state index in [1.165, 1.54) is 12.1 Å². The summed E-state index contributed by atoms with van der Waals surface area (Å²) in [6.07, 6.45) is 0.493. The van der Waals surface area contributed by atoms with Gasteiger partial charge in [-0.05, 0) is 5.56 Å². The molecular weight excluding hydrogens is 222 g/mol. The van der Waals surface area contributed by atoms with Crippen LogP contribution in [-0.4, -0.2) is 23.4 Å². The van der Waals surface area contributed by atoms with Crippen molar-refractivity contribution in [2.75, 3.05) is 6.54 Å². The van der Waals surface area contributed by atoms with E-state index >= 15 is 0 Å². The molecule has 1 atom stereocenters. The van der Waals surface area contributed by atoms with E-state index < -0.39 is 4.92 Å². The normalized spacial score (nSPS) is 19.1. The maximum absolute atomic E-state index is 11.0. The van der Waals surface area contributed by atoms with Crippen molar-refractivity contribution < 1.29 is 9.72 Å². The second kappa shape index (κ2) is 4.92. The molecule has 1 amide bonds. The number of nitrogens with one attached hydrogen (secondary N) is 2. The molecular formula is C11H13N3O3. The lowest BCUT2D eigenvalue weighted by Crippen LogP contribution is -2.30. The van der Waals surface area contributed by atoms with Crippen molar-refractivity contribution in [3.63, 3.8) is 0 Å². The second-order valence-electron chi connectivity index (χ2n) is 4.01. The van der Waals surface area contributed by atoms with Crippen LogP contribution in [0.4, 0.5) is 5.69 Å². The number of nitro groups is 1. The number of amides is 1. The molecule has 6 nitrogen and oxygen atoms in total. The number of non-ortho nitro benzene ring substituents is 1. The van der Waals surface area contributed by atoms with Crippen LogP contribution in [0.15, 0.2) is 24.3 Å². The zero-order chi connectivity index (χ0) is 12.3. The molecule has 1 aromatic rings. The van der Waals surface area contributed by atoms with Gasteiger partial charge in [0.15, 0.2) is 0 Å². The molecule has 0 radical (unpaired) electrons. The van der Waals surface area contributed by atoms with Crippen molar-refractivity contribution in [1.82, 2.24) is 10.6 Å². The molecule has 1 fully saturated rings. The maximum atomic E-state index is 11.0. The van der Waals surface area contributed by atoms with Gasteiger partial charge in [-0.2, -0.15) is 0 Å². The molecule has 90 valence electrons. The summed E-state index contributed by atoms with van der Waals surface area (Å²) >= 11 is 0. The molecule has 1 saturated heterocycles.